The number of amides is 1. The van der Waals surface area contributed by atoms with Gasteiger partial charge >= 0.3 is 12.0 Å². The molecule has 0 fully saturated rings. The van der Waals surface area contributed by atoms with Gasteiger partial charge in [0.15, 0.2) is 6.61 Å². The Morgan fingerprint density at radius 3 is 2.50 bits per heavy atom. The van der Waals surface area contributed by atoms with Crippen LogP contribution in [0, 0.1) is 0 Å². The molecule has 0 atom stereocenters. The maximum absolute atomic E-state index is 12.0. The first-order valence-corrected chi connectivity index (χ1v) is 8.74. The smallest absolute Gasteiger partial charge is 0.338 e. The van der Waals surface area contributed by atoms with Crippen molar-refractivity contribution in [3.8, 4) is 17.2 Å². The zero-order valence-electron chi connectivity index (χ0n) is 15.3. The Kier molecular flexibility index (Phi) is 6.35. The molecule has 3 aromatic rings. The predicted molar refractivity (Wildman–Crippen MR) is 101 cm³/mol. The number of carbonyl (C=O) groups excluding carboxylic acids is 2. The fourth-order valence-electron chi connectivity index (χ4n) is 2.25. The molecular weight excluding hydrogens is 362 g/mol. The molecule has 0 spiro atoms. The van der Waals surface area contributed by atoms with Gasteiger partial charge in [-0.05, 0) is 42.8 Å². The zero-order chi connectivity index (χ0) is 19.8. The largest absolute Gasteiger partial charge is 0.494 e. The minimum atomic E-state index is -0.618. The summed E-state index contributed by atoms with van der Waals surface area (Å²) in [6.07, 6.45) is 0.895. The van der Waals surface area contributed by atoms with E-state index >= 15 is 0 Å². The predicted octanol–water partition coefficient (Wildman–Crippen LogP) is 3.32. The Bertz CT molecular complexity index is 923. The van der Waals surface area contributed by atoms with Gasteiger partial charge in [0, 0.05) is 5.56 Å². The van der Waals surface area contributed by atoms with Crippen molar-refractivity contribution < 1.29 is 23.5 Å². The molecule has 3 rings (SSSR count). The number of ether oxygens (including phenoxy) is 2. The minimum absolute atomic E-state index is 0.0719. The summed E-state index contributed by atoms with van der Waals surface area (Å²) in [6, 6.07) is 15.6. The Hall–Kier alpha value is -3.68. The summed E-state index contributed by atoms with van der Waals surface area (Å²) in [5.74, 6) is -0.257. The minimum Gasteiger partial charge on any atom is -0.494 e. The number of esters is 1. The van der Waals surface area contributed by atoms with Gasteiger partial charge in [0.25, 0.3) is 5.91 Å². The van der Waals surface area contributed by atoms with Gasteiger partial charge in [0.1, 0.15) is 5.75 Å². The highest BCUT2D eigenvalue weighted by molar-refractivity contribution is 5.94. The van der Waals surface area contributed by atoms with E-state index < -0.39 is 18.5 Å². The summed E-state index contributed by atoms with van der Waals surface area (Å²) in [7, 11) is 0. The van der Waals surface area contributed by atoms with E-state index in [1.165, 1.54) is 0 Å². The normalized spacial score (nSPS) is 10.3. The lowest BCUT2D eigenvalue weighted by Gasteiger charge is -2.06. The van der Waals surface area contributed by atoms with Gasteiger partial charge in [-0.2, -0.15) is 0 Å². The first-order valence-electron chi connectivity index (χ1n) is 8.74. The highest BCUT2D eigenvalue weighted by Crippen LogP contribution is 2.19. The second kappa shape index (κ2) is 9.31. The third-order valence-corrected chi connectivity index (χ3v) is 3.59. The first kappa shape index (κ1) is 19.1. The number of hydrogen-bond acceptors (Lipinski definition) is 7. The van der Waals surface area contributed by atoms with Gasteiger partial charge in [-0.3, -0.25) is 10.1 Å². The van der Waals surface area contributed by atoms with E-state index in [0.717, 1.165) is 12.0 Å². The van der Waals surface area contributed by atoms with Gasteiger partial charge in [0.05, 0.1) is 12.2 Å². The molecule has 0 aliphatic carbocycles. The molecule has 144 valence electrons. The van der Waals surface area contributed by atoms with E-state index in [0.29, 0.717) is 17.9 Å². The summed E-state index contributed by atoms with van der Waals surface area (Å²) in [5.41, 5.74) is 1.05. The fourth-order valence-corrected chi connectivity index (χ4v) is 2.25. The third kappa shape index (κ3) is 5.16. The molecule has 0 aliphatic heterocycles. The topological polar surface area (TPSA) is 104 Å². The molecule has 0 aliphatic rings. The Morgan fingerprint density at radius 2 is 1.79 bits per heavy atom. The number of benzene rings is 2. The lowest BCUT2D eigenvalue weighted by Crippen LogP contribution is -2.21. The van der Waals surface area contributed by atoms with Crippen LogP contribution in [0.4, 0.5) is 6.01 Å². The van der Waals surface area contributed by atoms with Gasteiger partial charge in [-0.1, -0.05) is 30.2 Å². The molecule has 2 aromatic carbocycles. The number of nitrogens with zero attached hydrogens (tertiary/aromatic N) is 2. The molecule has 0 saturated heterocycles. The quantitative estimate of drug-likeness (QED) is 0.597. The van der Waals surface area contributed by atoms with Crippen LogP contribution in [0.3, 0.4) is 0 Å². The van der Waals surface area contributed by atoms with Crippen molar-refractivity contribution >= 4 is 17.9 Å². The number of rotatable bonds is 8. The Labute approximate surface area is 161 Å². The van der Waals surface area contributed by atoms with Crippen molar-refractivity contribution in [3.63, 3.8) is 0 Å². The van der Waals surface area contributed by atoms with Crippen molar-refractivity contribution in [3.05, 3.63) is 60.2 Å². The second-order valence-corrected chi connectivity index (χ2v) is 5.78. The zero-order valence-corrected chi connectivity index (χ0v) is 15.3. The standard InChI is InChI=1S/C20H19N3O5/c1-2-12-26-16-10-8-15(9-11-16)19(25)27-13-17(24)21-20-23-22-18(28-20)14-6-4-3-5-7-14/h3-11H,2,12-13H2,1H3,(H,21,23,24). The average Bonchev–Trinajstić information content (AvgIpc) is 3.20. The second-order valence-electron chi connectivity index (χ2n) is 5.78. The summed E-state index contributed by atoms with van der Waals surface area (Å²) in [5, 5.41) is 10.0. The molecule has 0 radical (unpaired) electrons. The molecule has 1 N–H and O–H groups in total. The van der Waals surface area contributed by atoms with E-state index in [4.69, 9.17) is 13.9 Å². The van der Waals surface area contributed by atoms with E-state index in [2.05, 4.69) is 15.5 Å². The van der Waals surface area contributed by atoms with Crippen LogP contribution in [-0.2, 0) is 9.53 Å². The molecule has 0 saturated carbocycles. The lowest BCUT2D eigenvalue weighted by atomic mass is 10.2. The molecule has 1 amide bonds. The van der Waals surface area contributed by atoms with Crippen LogP contribution in [0.2, 0.25) is 0 Å². The molecule has 0 bridgehead atoms. The average molecular weight is 381 g/mol. The number of carbonyl (C=O) groups is 2. The van der Waals surface area contributed by atoms with E-state index in [-0.39, 0.29) is 11.9 Å². The third-order valence-electron chi connectivity index (χ3n) is 3.59. The monoisotopic (exact) mass is 381 g/mol. The van der Waals surface area contributed by atoms with Gasteiger partial charge in [0.2, 0.25) is 5.89 Å². The van der Waals surface area contributed by atoms with E-state index in [1.54, 1.807) is 36.4 Å². The first-order chi connectivity index (χ1) is 13.7. The summed E-state index contributed by atoms with van der Waals surface area (Å²) in [6.45, 7) is 2.13. The molecule has 0 unspecified atom stereocenters. The van der Waals surface area contributed by atoms with Crippen molar-refractivity contribution in [1.29, 1.82) is 0 Å². The maximum Gasteiger partial charge on any atom is 0.338 e. The number of anilines is 1. The van der Waals surface area contributed by atoms with Crippen molar-refractivity contribution in [1.82, 2.24) is 10.2 Å². The van der Waals surface area contributed by atoms with Crippen LogP contribution in [0.5, 0.6) is 5.75 Å². The molecule has 1 heterocycles. The van der Waals surface area contributed by atoms with Gasteiger partial charge in [-0.15, -0.1) is 5.10 Å². The summed E-state index contributed by atoms with van der Waals surface area (Å²) >= 11 is 0. The Balaban J connectivity index is 1.49. The fraction of sp³-hybridized carbons (Fsp3) is 0.200. The Morgan fingerprint density at radius 1 is 1.04 bits per heavy atom. The van der Waals surface area contributed by atoms with Crippen molar-refractivity contribution in [2.75, 3.05) is 18.5 Å². The SMILES string of the molecule is CCCOc1ccc(C(=O)OCC(=O)Nc2nnc(-c3ccccc3)o2)cc1. The van der Waals surface area contributed by atoms with Gasteiger partial charge in [-0.25, -0.2) is 4.79 Å². The lowest BCUT2D eigenvalue weighted by molar-refractivity contribution is -0.119. The van der Waals surface area contributed by atoms with Crippen LogP contribution in [0.15, 0.2) is 59.0 Å². The number of hydrogen-bond donors (Lipinski definition) is 1. The van der Waals surface area contributed by atoms with Crippen molar-refractivity contribution in [2.24, 2.45) is 0 Å². The number of aromatic nitrogens is 2. The van der Waals surface area contributed by atoms with Crippen molar-refractivity contribution in [2.45, 2.75) is 13.3 Å². The number of nitrogens with one attached hydrogen (secondary N) is 1. The maximum atomic E-state index is 12.0. The molecular formula is C20H19N3O5. The van der Waals surface area contributed by atoms with Gasteiger partial charge < -0.3 is 13.9 Å². The van der Waals surface area contributed by atoms with Crippen LogP contribution in [0.1, 0.15) is 23.7 Å². The van der Waals surface area contributed by atoms with E-state index in [1.807, 2.05) is 25.1 Å². The molecule has 1 aromatic heterocycles. The molecule has 28 heavy (non-hydrogen) atoms. The highest BCUT2D eigenvalue weighted by Gasteiger charge is 2.14. The van der Waals surface area contributed by atoms with Crippen LogP contribution in [-0.4, -0.2) is 35.3 Å². The van der Waals surface area contributed by atoms with Crippen LogP contribution in [0.25, 0.3) is 11.5 Å². The molecule has 8 nitrogen and oxygen atoms in total. The van der Waals surface area contributed by atoms with E-state index in [9.17, 15) is 9.59 Å². The molecule has 8 heteroatoms. The van der Waals surface area contributed by atoms with Crippen LogP contribution >= 0.6 is 0 Å². The summed E-state index contributed by atoms with van der Waals surface area (Å²) in [4.78, 5) is 24.0. The highest BCUT2D eigenvalue weighted by atomic mass is 16.5. The van der Waals surface area contributed by atoms with Crippen LogP contribution < -0.4 is 10.1 Å². The summed E-state index contributed by atoms with van der Waals surface area (Å²) < 4.78 is 15.8.